The highest BCUT2D eigenvalue weighted by atomic mass is 16.7. The fourth-order valence-corrected chi connectivity index (χ4v) is 8.92. The van der Waals surface area contributed by atoms with Gasteiger partial charge in [-0.1, -0.05) is 246 Å². The lowest BCUT2D eigenvalue weighted by atomic mass is 9.98. The first-order valence-electron chi connectivity index (χ1n) is 31.2. The van der Waals surface area contributed by atoms with Crippen molar-refractivity contribution in [2.75, 3.05) is 13.2 Å². The number of aliphatic hydroxyl groups is 2. The normalized spacial score (nSPS) is 18.5. The largest absolute Gasteiger partial charge is 0.479 e. The van der Waals surface area contributed by atoms with E-state index in [2.05, 4.69) is 93.7 Å². The van der Waals surface area contributed by atoms with Gasteiger partial charge in [-0.05, 0) is 83.5 Å². The van der Waals surface area contributed by atoms with Gasteiger partial charge < -0.3 is 39.0 Å². The molecule has 79 heavy (non-hydrogen) atoms. The molecule has 0 radical (unpaired) electrons. The van der Waals surface area contributed by atoms with Crippen molar-refractivity contribution in [2.45, 2.75) is 289 Å². The minimum absolute atomic E-state index is 0.148. The van der Waals surface area contributed by atoms with Crippen LogP contribution >= 0.6 is 0 Å². The highest BCUT2D eigenvalue weighted by Crippen LogP contribution is 2.26. The Morgan fingerprint density at radius 2 is 0.835 bits per heavy atom. The fraction of sp³-hybridized carbons (Fsp3) is 0.701. The Labute approximate surface area is 479 Å². The maximum absolute atomic E-state index is 13.2. The van der Waals surface area contributed by atoms with Crippen LogP contribution in [-0.2, 0) is 42.9 Å². The third-order valence-corrected chi connectivity index (χ3v) is 13.7. The summed E-state index contributed by atoms with van der Waals surface area (Å²) in [6, 6.07) is 0. The summed E-state index contributed by atoms with van der Waals surface area (Å²) in [6.07, 6.45) is 59.7. The molecule has 12 nitrogen and oxygen atoms in total. The molecule has 0 aromatic heterocycles. The van der Waals surface area contributed by atoms with Crippen LogP contribution in [0.3, 0.4) is 0 Å². The van der Waals surface area contributed by atoms with E-state index in [1.165, 1.54) is 96.3 Å². The van der Waals surface area contributed by atoms with Crippen LogP contribution < -0.4 is 0 Å². The topological polar surface area (TPSA) is 175 Å². The number of carboxylic acid groups (broad SMARTS) is 1. The molecule has 12 heteroatoms. The van der Waals surface area contributed by atoms with Gasteiger partial charge in [-0.3, -0.25) is 14.4 Å². The molecule has 1 fully saturated rings. The van der Waals surface area contributed by atoms with Crippen LogP contribution in [-0.4, -0.2) is 89.2 Å². The number of allylic oxidation sites excluding steroid dienone is 15. The number of unbranched alkanes of at least 4 members (excludes halogenated alkanes) is 23. The summed E-state index contributed by atoms with van der Waals surface area (Å²) in [7, 11) is 0. The molecule has 0 aliphatic carbocycles. The molecule has 6 atom stereocenters. The minimum Gasteiger partial charge on any atom is -0.479 e. The quantitative estimate of drug-likeness (QED) is 0.0228. The highest BCUT2D eigenvalue weighted by Gasteiger charge is 2.50. The molecule has 1 saturated heterocycles. The SMILES string of the molecule is CC/C=C\C/C=C\C/C=C\C/C=C\C/C=C\CC(=O)OC1C(OCC(COC(=O)CCCCCCCC/C=C\C/C=C\C/C=C\CCCCC)OC(=O)CCCCCCCCCCCCCCCCC)OC(C(=O)O)C(O)C1O. The Morgan fingerprint density at radius 3 is 1.30 bits per heavy atom. The van der Waals surface area contributed by atoms with Gasteiger partial charge in [0.15, 0.2) is 24.6 Å². The maximum atomic E-state index is 13.2. The smallest absolute Gasteiger partial charge is 0.335 e. The van der Waals surface area contributed by atoms with Gasteiger partial charge >= 0.3 is 23.9 Å². The number of aliphatic hydroxyl groups excluding tert-OH is 2. The molecule has 0 amide bonds. The predicted molar refractivity (Wildman–Crippen MR) is 321 cm³/mol. The first-order valence-corrected chi connectivity index (χ1v) is 31.2. The van der Waals surface area contributed by atoms with Gasteiger partial charge in [0.25, 0.3) is 0 Å². The summed E-state index contributed by atoms with van der Waals surface area (Å²) in [4.78, 5) is 51.2. The molecule has 1 heterocycles. The van der Waals surface area contributed by atoms with Crippen LogP contribution in [0.25, 0.3) is 0 Å². The molecular formula is C67H110O12. The molecule has 450 valence electrons. The van der Waals surface area contributed by atoms with Gasteiger partial charge in [0.1, 0.15) is 18.8 Å². The van der Waals surface area contributed by atoms with Gasteiger partial charge in [0, 0.05) is 12.8 Å². The van der Waals surface area contributed by atoms with Crippen LogP contribution in [0.4, 0.5) is 0 Å². The number of hydrogen-bond donors (Lipinski definition) is 3. The standard InChI is InChI=1S/C67H110O12/c1-4-7-10-13-16-19-22-25-28-29-30-31-34-35-38-41-44-47-50-53-59(68)75-56-58(77-60(69)54-51-48-45-42-39-36-32-26-23-20-17-14-11-8-5-2)57-76-67-65(63(72)62(71)64(79-67)66(73)74)78-61(70)55-52-49-46-43-40-37-33-27-24-21-18-15-12-9-6-3/h9,12,16,18-19,21,25,27-28,30-31,33,40,43,49,52,58,62-65,67,71-72H,4-8,10-11,13-15,17,20,22-24,26,29,32,34-39,41-42,44-48,50-51,53-57H2,1-3H3,(H,73,74)/b12-9-,19-16-,21-18-,28-25-,31-30-,33-27-,43-40-,52-49-. The van der Waals surface area contributed by atoms with E-state index in [-0.39, 0.29) is 25.9 Å². The summed E-state index contributed by atoms with van der Waals surface area (Å²) in [5.41, 5.74) is 0. The molecule has 0 bridgehead atoms. The molecule has 0 spiro atoms. The summed E-state index contributed by atoms with van der Waals surface area (Å²) in [5.74, 6) is -3.29. The Hall–Kier alpha value is -4.36. The van der Waals surface area contributed by atoms with Crippen LogP contribution in [0.1, 0.15) is 252 Å². The minimum atomic E-state index is -1.94. The molecule has 1 rings (SSSR count). The maximum Gasteiger partial charge on any atom is 0.335 e. The third-order valence-electron chi connectivity index (χ3n) is 13.7. The lowest BCUT2D eigenvalue weighted by Crippen LogP contribution is -2.61. The Morgan fingerprint density at radius 1 is 0.443 bits per heavy atom. The zero-order valence-electron chi connectivity index (χ0n) is 49.6. The second-order valence-electron chi connectivity index (χ2n) is 21.0. The molecule has 3 N–H and O–H groups in total. The van der Waals surface area contributed by atoms with E-state index >= 15 is 0 Å². The van der Waals surface area contributed by atoms with E-state index in [1.54, 1.807) is 12.2 Å². The molecule has 6 unspecified atom stereocenters. The van der Waals surface area contributed by atoms with Crippen LogP contribution in [0, 0.1) is 0 Å². The number of hydrogen-bond acceptors (Lipinski definition) is 11. The molecule has 0 aromatic carbocycles. The predicted octanol–water partition coefficient (Wildman–Crippen LogP) is 16.5. The average molecular weight is 1110 g/mol. The molecule has 0 aromatic rings. The lowest BCUT2D eigenvalue weighted by Gasteiger charge is -2.40. The van der Waals surface area contributed by atoms with Crippen molar-refractivity contribution in [3.05, 3.63) is 97.2 Å². The molecule has 0 saturated carbocycles. The van der Waals surface area contributed by atoms with Gasteiger partial charge in [-0.25, -0.2) is 4.79 Å². The number of carbonyl (C=O) groups is 4. The summed E-state index contributed by atoms with van der Waals surface area (Å²) < 4.78 is 28.3. The van der Waals surface area contributed by atoms with Crippen LogP contribution in [0.5, 0.6) is 0 Å². The van der Waals surface area contributed by atoms with E-state index < -0.39 is 67.3 Å². The van der Waals surface area contributed by atoms with Crippen LogP contribution in [0.2, 0.25) is 0 Å². The van der Waals surface area contributed by atoms with Crippen molar-refractivity contribution in [1.29, 1.82) is 0 Å². The van der Waals surface area contributed by atoms with E-state index in [4.69, 9.17) is 23.7 Å². The number of esters is 3. The second-order valence-corrected chi connectivity index (χ2v) is 21.0. The summed E-state index contributed by atoms with van der Waals surface area (Å²) in [6.45, 7) is 5.81. The van der Waals surface area contributed by atoms with Crippen molar-refractivity contribution >= 4 is 23.9 Å². The van der Waals surface area contributed by atoms with Crippen molar-refractivity contribution in [3.63, 3.8) is 0 Å². The Bertz CT molecular complexity index is 1740. The molecule has 1 aliphatic heterocycles. The monoisotopic (exact) mass is 1110 g/mol. The number of aliphatic carboxylic acids is 1. The summed E-state index contributed by atoms with van der Waals surface area (Å²) >= 11 is 0. The molecule has 1 aliphatic rings. The fourth-order valence-electron chi connectivity index (χ4n) is 8.92. The van der Waals surface area contributed by atoms with Crippen molar-refractivity contribution in [2.24, 2.45) is 0 Å². The average Bonchev–Trinajstić information content (AvgIpc) is 3.44. The Kier molecular flexibility index (Phi) is 49.9. The first-order chi connectivity index (χ1) is 38.6. The number of rotatable bonds is 52. The second kappa shape index (κ2) is 54.2. The summed E-state index contributed by atoms with van der Waals surface area (Å²) in [5, 5.41) is 31.5. The van der Waals surface area contributed by atoms with E-state index in [9.17, 15) is 34.5 Å². The van der Waals surface area contributed by atoms with E-state index in [0.29, 0.717) is 19.3 Å². The van der Waals surface area contributed by atoms with Crippen molar-refractivity contribution in [3.8, 4) is 0 Å². The van der Waals surface area contributed by atoms with Crippen molar-refractivity contribution < 1.29 is 58.2 Å². The third kappa shape index (κ3) is 44.0. The van der Waals surface area contributed by atoms with Gasteiger partial charge in [0.2, 0.25) is 0 Å². The van der Waals surface area contributed by atoms with E-state index in [1.807, 2.05) is 12.2 Å². The van der Waals surface area contributed by atoms with E-state index in [0.717, 1.165) is 96.3 Å². The first kappa shape index (κ1) is 72.7. The lowest BCUT2D eigenvalue weighted by molar-refractivity contribution is -0.301. The van der Waals surface area contributed by atoms with Gasteiger partial charge in [0.05, 0.1) is 13.0 Å². The highest BCUT2D eigenvalue weighted by molar-refractivity contribution is 5.74. The number of carbonyl (C=O) groups excluding carboxylic acids is 3. The van der Waals surface area contributed by atoms with Crippen LogP contribution in [0.15, 0.2) is 97.2 Å². The van der Waals surface area contributed by atoms with Gasteiger partial charge in [-0.15, -0.1) is 0 Å². The van der Waals surface area contributed by atoms with Crippen molar-refractivity contribution in [1.82, 2.24) is 0 Å². The number of ether oxygens (including phenoxy) is 5. The van der Waals surface area contributed by atoms with Gasteiger partial charge in [-0.2, -0.15) is 0 Å². The zero-order valence-corrected chi connectivity index (χ0v) is 49.6. The zero-order chi connectivity index (χ0) is 57.5. The number of carboxylic acids is 1. The molecular weight excluding hydrogens is 997 g/mol. The Balaban J connectivity index is 2.72.